The van der Waals surface area contributed by atoms with Crippen molar-refractivity contribution in [1.82, 2.24) is 9.13 Å². The van der Waals surface area contributed by atoms with Crippen molar-refractivity contribution in [3.05, 3.63) is 34.2 Å². The van der Waals surface area contributed by atoms with Crippen LogP contribution in [-0.2, 0) is 14.1 Å². The van der Waals surface area contributed by atoms with Gasteiger partial charge < -0.3 is 0 Å². The van der Waals surface area contributed by atoms with Crippen molar-refractivity contribution in [3.8, 4) is 0 Å². The van der Waals surface area contributed by atoms with Crippen molar-refractivity contribution in [2.45, 2.75) is 31.5 Å². The van der Waals surface area contributed by atoms with Crippen LogP contribution in [0, 0.1) is 5.92 Å². The lowest BCUT2D eigenvalue weighted by Crippen LogP contribution is -2.19. The third-order valence-electron chi connectivity index (χ3n) is 4.08. The van der Waals surface area contributed by atoms with Gasteiger partial charge in [-0.15, -0.1) is 0 Å². The summed E-state index contributed by atoms with van der Waals surface area (Å²) in [5, 5.41) is 0. The van der Waals surface area contributed by atoms with Gasteiger partial charge in [0.25, 0.3) is 0 Å². The maximum atomic E-state index is 11.9. The van der Waals surface area contributed by atoms with Crippen LogP contribution in [0.5, 0.6) is 0 Å². The molecule has 0 fully saturated rings. The zero-order valence-corrected chi connectivity index (χ0v) is 13.6. The summed E-state index contributed by atoms with van der Waals surface area (Å²) >= 11 is 3.81. The van der Waals surface area contributed by atoms with Crippen LogP contribution in [0.3, 0.4) is 0 Å². The van der Waals surface area contributed by atoms with E-state index in [0.29, 0.717) is 10.7 Å². The van der Waals surface area contributed by atoms with Crippen molar-refractivity contribution < 1.29 is 0 Å². The molecular formula is C15H21BrN2O. The third kappa shape index (κ3) is 2.38. The Morgan fingerprint density at radius 2 is 1.68 bits per heavy atom. The average Bonchev–Trinajstić information content (AvgIpc) is 2.65. The zero-order chi connectivity index (χ0) is 14.2. The Morgan fingerprint density at radius 1 is 1.11 bits per heavy atom. The lowest BCUT2D eigenvalue weighted by atomic mass is 9.94. The van der Waals surface area contributed by atoms with Crippen molar-refractivity contribution in [2.24, 2.45) is 20.0 Å². The molecule has 0 bridgehead atoms. The van der Waals surface area contributed by atoms with E-state index in [1.807, 2.05) is 20.2 Å². The van der Waals surface area contributed by atoms with Gasteiger partial charge in [-0.25, -0.2) is 4.79 Å². The van der Waals surface area contributed by atoms with E-state index >= 15 is 0 Å². The van der Waals surface area contributed by atoms with Crippen LogP contribution in [0.25, 0.3) is 11.0 Å². The number of benzene rings is 1. The van der Waals surface area contributed by atoms with E-state index in [-0.39, 0.29) is 5.69 Å². The summed E-state index contributed by atoms with van der Waals surface area (Å²) in [6.07, 6.45) is 2.30. The van der Waals surface area contributed by atoms with Gasteiger partial charge in [-0.3, -0.25) is 9.13 Å². The number of rotatable bonds is 4. The van der Waals surface area contributed by atoms with Crippen molar-refractivity contribution >= 4 is 27.0 Å². The highest BCUT2D eigenvalue weighted by Crippen LogP contribution is 2.36. The quantitative estimate of drug-likeness (QED) is 0.787. The molecule has 0 N–H and O–H groups in total. The maximum absolute atomic E-state index is 11.9. The summed E-state index contributed by atoms with van der Waals surface area (Å²) in [4.78, 5) is 12.3. The second-order valence-electron chi connectivity index (χ2n) is 5.13. The molecule has 0 aliphatic carbocycles. The largest absolute Gasteiger partial charge is 0.328 e. The van der Waals surface area contributed by atoms with Gasteiger partial charge in [0.1, 0.15) is 0 Å². The molecule has 1 aromatic carbocycles. The van der Waals surface area contributed by atoms with Crippen molar-refractivity contribution in [3.63, 3.8) is 0 Å². The molecule has 19 heavy (non-hydrogen) atoms. The van der Waals surface area contributed by atoms with Crippen molar-refractivity contribution in [1.29, 1.82) is 0 Å². The van der Waals surface area contributed by atoms with E-state index in [0.717, 1.165) is 23.9 Å². The summed E-state index contributed by atoms with van der Waals surface area (Å²) in [6.45, 7) is 4.44. The van der Waals surface area contributed by atoms with E-state index in [1.165, 1.54) is 5.56 Å². The molecule has 2 aromatic rings. The molecule has 1 heterocycles. The zero-order valence-electron chi connectivity index (χ0n) is 12.0. The van der Waals surface area contributed by atoms with Crippen LogP contribution >= 0.6 is 15.9 Å². The van der Waals surface area contributed by atoms with Crippen LogP contribution in [0.15, 0.2) is 23.0 Å². The smallest absolute Gasteiger partial charge is 0.295 e. The number of imidazole rings is 1. The highest BCUT2D eigenvalue weighted by molar-refractivity contribution is 9.09. The normalized spacial score (nSPS) is 13.4. The molecule has 0 saturated carbocycles. The van der Waals surface area contributed by atoms with E-state index in [4.69, 9.17) is 0 Å². The minimum atomic E-state index is 0.0285. The van der Waals surface area contributed by atoms with Crippen molar-refractivity contribution in [2.75, 3.05) is 0 Å². The Kier molecular flexibility index (Phi) is 4.19. The predicted molar refractivity (Wildman–Crippen MR) is 83.9 cm³/mol. The number of alkyl halides is 1. The molecule has 0 radical (unpaired) electrons. The van der Waals surface area contributed by atoms with Gasteiger partial charge in [0.2, 0.25) is 0 Å². The molecule has 1 atom stereocenters. The number of aryl methyl sites for hydroxylation is 2. The molecule has 0 saturated heterocycles. The van der Waals surface area contributed by atoms with Gasteiger partial charge >= 0.3 is 5.69 Å². The van der Waals surface area contributed by atoms with E-state index in [1.54, 1.807) is 9.13 Å². The van der Waals surface area contributed by atoms with Crippen LogP contribution in [0.2, 0.25) is 0 Å². The first-order valence-corrected chi connectivity index (χ1v) is 7.72. The average molecular weight is 325 g/mol. The van der Waals surface area contributed by atoms with Gasteiger partial charge in [0.05, 0.1) is 11.0 Å². The lowest BCUT2D eigenvalue weighted by Gasteiger charge is -2.20. The SMILES string of the molecule is CCC(CC)C(Br)c1ccc2c(c1)n(C)c(=O)n2C. The maximum Gasteiger partial charge on any atom is 0.328 e. The highest BCUT2D eigenvalue weighted by atomic mass is 79.9. The fraction of sp³-hybridized carbons (Fsp3) is 0.533. The van der Waals surface area contributed by atoms with Crippen LogP contribution in [0.1, 0.15) is 37.1 Å². The van der Waals surface area contributed by atoms with Gasteiger partial charge in [0.15, 0.2) is 0 Å². The second kappa shape index (κ2) is 5.53. The summed E-state index contributed by atoms with van der Waals surface area (Å²) in [7, 11) is 3.64. The van der Waals surface area contributed by atoms with E-state index in [9.17, 15) is 4.79 Å². The minimum Gasteiger partial charge on any atom is -0.295 e. The molecule has 2 rings (SSSR count). The fourth-order valence-corrected chi connectivity index (χ4v) is 3.70. The number of fused-ring (bicyclic) bond motifs is 1. The number of hydrogen-bond acceptors (Lipinski definition) is 1. The summed E-state index contributed by atoms with van der Waals surface area (Å²) < 4.78 is 3.41. The third-order valence-corrected chi connectivity index (χ3v) is 5.35. The van der Waals surface area contributed by atoms with Gasteiger partial charge in [0, 0.05) is 18.9 Å². The van der Waals surface area contributed by atoms with E-state index in [2.05, 4.69) is 41.9 Å². The topological polar surface area (TPSA) is 26.9 Å². The molecular weight excluding hydrogens is 304 g/mol. The first kappa shape index (κ1) is 14.4. The lowest BCUT2D eigenvalue weighted by molar-refractivity contribution is 0.487. The van der Waals surface area contributed by atoms with E-state index < -0.39 is 0 Å². The van der Waals surface area contributed by atoms with Gasteiger partial charge in [-0.2, -0.15) is 0 Å². The molecule has 3 nitrogen and oxygen atoms in total. The predicted octanol–water partition coefficient (Wildman–Crippen LogP) is 3.75. The summed E-state index contributed by atoms with van der Waals surface area (Å²) in [5.41, 5.74) is 3.27. The molecule has 1 aromatic heterocycles. The molecule has 0 aliphatic heterocycles. The first-order valence-electron chi connectivity index (χ1n) is 6.80. The molecule has 104 valence electrons. The van der Waals surface area contributed by atoms with Gasteiger partial charge in [-0.1, -0.05) is 48.7 Å². The van der Waals surface area contributed by atoms with Crippen LogP contribution < -0.4 is 5.69 Å². The number of aromatic nitrogens is 2. The Hall–Kier alpha value is -1.03. The highest BCUT2D eigenvalue weighted by Gasteiger charge is 2.18. The Bertz CT molecular complexity index is 637. The Balaban J connectivity index is 2.53. The molecule has 1 unspecified atom stereocenters. The minimum absolute atomic E-state index is 0.0285. The fourth-order valence-electron chi connectivity index (χ4n) is 2.67. The Labute approximate surface area is 122 Å². The van der Waals surface area contributed by atoms with Crippen LogP contribution in [-0.4, -0.2) is 9.13 Å². The molecule has 0 aliphatic rings. The standard InChI is InChI=1S/C15H21BrN2O/c1-5-10(6-2)14(16)11-7-8-12-13(9-11)18(4)15(19)17(12)3/h7-10,14H,5-6H2,1-4H3. The Morgan fingerprint density at radius 3 is 2.26 bits per heavy atom. The summed E-state index contributed by atoms with van der Waals surface area (Å²) in [5.74, 6) is 0.623. The molecule has 4 heteroatoms. The summed E-state index contributed by atoms with van der Waals surface area (Å²) in [6, 6.07) is 6.30. The van der Waals surface area contributed by atoms with Crippen LogP contribution in [0.4, 0.5) is 0 Å². The number of halogens is 1. The first-order chi connectivity index (χ1) is 9.01. The monoisotopic (exact) mass is 324 g/mol. The molecule has 0 spiro atoms. The number of hydrogen-bond donors (Lipinski definition) is 0. The van der Waals surface area contributed by atoms with Gasteiger partial charge in [-0.05, 0) is 23.6 Å². The second-order valence-corrected chi connectivity index (χ2v) is 6.11. The molecule has 0 amide bonds. The number of nitrogens with zero attached hydrogens (tertiary/aromatic N) is 2.